The summed E-state index contributed by atoms with van der Waals surface area (Å²) in [5.41, 5.74) is 2.26. The van der Waals surface area contributed by atoms with Gasteiger partial charge in [-0.2, -0.15) is 5.10 Å². The molecule has 0 N–H and O–H groups in total. The second kappa shape index (κ2) is 5.52. The molecule has 21 heavy (non-hydrogen) atoms. The summed E-state index contributed by atoms with van der Waals surface area (Å²) in [5, 5.41) is 4.19. The van der Waals surface area contributed by atoms with Crippen LogP contribution in [0, 0.1) is 0 Å². The first-order valence-electron chi connectivity index (χ1n) is 7.18. The predicted octanol–water partition coefficient (Wildman–Crippen LogP) is 1.86. The van der Waals surface area contributed by atoms with E-state index in [1.54, 1.807) is 4.90 Å². The molecular formula is C16H17N3O2. The van der Waals surface area contributed by atoms with Crippen molar-refractivity contribution >= 4 is 11.6 Å². The number of aryl methyl sites for hydroxylation is 1. The number of benzene rings is 1. The molecule has 1 aromatic heterocycles. The van der Waals surface area contributed by atoms with Crippen LogP contribution >= 0.6 is 0 Å². The van der Waals surface area contributed by atoms with Gasteiger partial charge < -0.3 is 4.90 Å². The summed E-state index contributed by atoms with van der Waals surface area (Å²) < 4.78 is 1.36. The molecule has 108 valence electrons. The molecule has 5 nitrogen and oxygen atoms in total. The third kappa shape index (κ3) is 2.46. The number of fused-ring (bicyclic) bond motifs is 1. The highest BCUT2D eigenvalue weighted by molar-refractivity contribution is 6.05. The molecule has 0 saturated heterocycles. The van der Waals surface area contributed by atoms with Crippen molar-refractivity contribution in [2.45, 2.75) is 26.3 Å². The lowest BCUT2D eigenvalue weighted by atomic mass is 10.2. The van der Waals surface area contributed by atoms with Gasteiger partial charge in [0.25, 0.3) is 11.5 Å². The molecule has 2 heterocycles. The van der Waals surface area contributed by atoms with E-state index in [9.17, 15) is 9.59 Å². The van der Waals surface area contributed by atoms with Crippen LogP contribution < -0.4 is 10.5 Å². The molecule has 2 aromatic rings. The highest BCUT2D eigenvalue weighted by Gasteiger charge is 2.26. The minimum Gasteiger partial charge on any atom is -0.306 e. The second-order valence-electron chi connectivity index (χ2n) is 5.12. The Balaban J connectivity index is 1.93. The van der Waals surface area contributed by atoms with Gasteiger partial charge >= 0.3 is 0 Å². The largest absolute Gasteiger partial charge is 0.306 e. The Bertz CT molecular complexity index is 736. The fourth-order valence-electron chi connectivity index (χ4n) is 2.62. The molecule has 0 spiro atoms. The van der Waals surface area contributed by atoms with Gasteiger partial charge in [-0.25, -0.2) is 4.68 Å². The molecule has 0 radical (unpaired) electrons. The van der Waals surface area contributed by atoms with Gasteiger partial charge in [0.05, 0.1) is 0 Å². The lowest BCUT2D eigenvalue weighted by molar-refractivity contribution is 0.0982. The second-order valence-corrected chi connectivity index (χ2v) is 5.12. The van der Waals surface area contributed by atoms with Crippen molar-refractivity contribution in [3.05, 3.63) is 58.0 Å². The van der Waals surface area contributed by atoms with Crippen LogP contribution in [0.15, 0.2) is 41.2 Å². The maximum Gasteiger partial charge on any atom is 0.278 e. The number of carbonyl (C=O) groups excluding carboxylic acids is 1. The van der Waals surface area contributed by atoms with Crippen LogP contribution in [-0.2, 0) is 13.0 Å². The standard InChI is InChI=1S/C16H17N3O2/c1-2-10-19-15(20)8-7-13(17-19)16(21)18-11-9-12-5-3-4-6-14(12)18/h3-8H,2,9-11H2,1H3. The summed E-state index contributed by atoms with van der Waals surface area (Å²) in [4.78, 5) is 26.0. The van der Waals surface area contributed by atoms with Gasteiger partial charge in [-0.3, -0.25) is 9.59 Å². The van der Waals surface area contributed by atoms with E-state index < -0.39 is 0 Å². The van der Waals surface area contributed by atoms with Gasteiger partial charge in [-0.1, -0.05) is 25.1 Å². The summed E-state index contributed by atoms with van der Waals surface area (Å²) in [6.07, 6.45) is 1.66. The smallest absolute Gasteiger partial charge is 0.278 e. The van der Waals surface area contributed by atoms with Crippen LogP contribution in [0.3, 0.4) is 0 Å². The average molecular weight is 283 g/mol. The first-order valence-corrected chi connectivity index (χ1v) is 7.18. The van der Waals surface area contributed by atoms with Crippen LogP contribution in [-0.4, -0.2) is 22.2 Å². The van der Waals surface area contributed by atoms with Crippen LogP contribution in [0.1, 0.15) is 29.4 Å². The van der Waals surface area contributed by atoms with Gasteiger partial charge in [0.15, 0.2) is 0 Å². The molecular weight excluding hydrogens is 266 g/mol. The van der Waals surface area contributed by atoms with Gasteiger partial charge in [-0.15, -0.1) is 0 Å². The first kappa shape index (κ1) is 13.5. The van der Waals surface area contributed by atoms with E-state index in [0.717, 1.165) is 18.5 Å². The van der Waals surface area contributed by atoms with Gasteiger partial charge in [0.2, 0.25) is 0 Å². The van der Waals surface area contributed by atoms with Crippen molar-refractivity contribution in [3.8, 4) is 0 Å². The zero-order valence-corrected chi connectivity index (χ0v) is 12.0. The SMILES string of the molecule is CCCn1nc(C(=O)N2CCc3ccccc32)ccc1=O. The Morgan fingerprint density at radius 3 is 2.86 bits per heavy atom. The van der Waals surface area contributed by atoms with Crippen LogP contribution in [0.4, 0.5) is 5.69 Å². The van der Waals surface area contributed by atoms with Crippen LogP contribution in [0.2, 0.25) is 0 Å². The van der Waals surface area contributed by atoms with E-state index in [-0.39, 0.29) is 11.5 Å². The van der Waals surface area contributed by atoms with Crippen molar-refractivity contribution in [1.82, 2.24) is 9.78 Å². The van der Waals surface area contributed by atoms with Crippen molar-refractivity contribution in [2.75, 3.05) is 11.4 Å². The average Bonchev–Trinajstić information content (AvgIpc) is 2.93. The molecule has 5 heteroatoms. The Hall–Kier alpha value is -2.43. The topological polar surface area (TPSA) is 55.2 Å². The monoisotopic (exact) mass is 283 g/mol. The van der Waals surface area contributed by atoms with Crippen molar-refractivity contribution in [3.63, 3.8) is 0 Å². The number of aromatic nitrogens is 2. The van der Waals surface area contributed by atoms with Gasteiger partial charge in [0.1, 0.15) is 5.69 Å². The van der Waals surface area contributed by atoms with E-state index >= 15 is 0 Å². The van der Waals surface area contributed by atoms with Crippen molar-refractivity contribution in [2.24, 2.45) is 0 Å². The molecule has 1 amide bonds. The highest BCUT2D eigenvalue weighted by Crippen LogP contribution is 2.28. The lowest BCUT2D eigenvalue weighted by Gasteiger charge is -2.17. The number of carbonyl (C=O) groups is 1. The number of anilines is 1. The summed E-state index contributed by atoms with van der Waals surface area (Å²) in [6.45, 7) is 3.16. The fourth-order valence-corrected chi connectivity index (χ4v) is 2.62. The zero-order valence-electron chi connectivity index (χ0n) is 12.0. The fraction of sp³-hybridized carbons (Fsp3) is 0.312. The Morgan fingerprint density at radius 1 is 1.24 bits per heavy atom. The molecule has 1 aromatic carbocycles. The maximum absolute atomic E-state index is 12.6. The number of hydrogen-bond acceptors (Lipinski definition) is 3. The zero-order chi connectivity index (χ0) is 14.8. The van der Waals surface area contributed by atoms with Gasteiger partial charge in [-0.05, 0) is 30.5 Å². The molecule has 1 aliphatic heterocycles. The van der Waals surface area contributed by atoms with Crippen molar-refractivity contribution < 1.29 is 4.79 Å². The number of hydrogen-bond donors (Lipinski definition) is 0. The van der Waals surface area contributed by atoms with E-state index in [2.05, 4.69) is 5.10 Å². The summed E-state index contributed by atoms with van der Waals surface area (Å²) >= 11 is 0. The third-order valence-corrected chi connectivity index (χ3v) is 3.65. The Labute approximate surface area is 122 Å². The molecule has 0 aliphatic carbocycles. The van der Waals surface area contributed by atoms with E-state index in [1.165, 1.54) is 22.4 Å². The number of amides is 1. The van der Waals surface area contributed by atoms with Crippen LogP contribution in [0.5, 0.6) is 0 Å². The molecule has 1 aliphatic rings. The molecule has 0 atom stereocenters. The van der Waals surface area contributed by atoms with Crippen LogP contribution in [0.25, 0.3) is 0 Å². The molecule has 0 bridgehead atoms. The molecule has 0 unspecified atom stereocenters. The molecule has 0 saturated carbocycles. The van der Waals surface area contributed by atoms with E-state index in [0.29, 0.717) is 18.8 Å². The molecule has 3 rings (SSSR count). The minimum atomic E-state index is -0.171. The van der Waals surface area contributed by atoms with E-state index in [4.69, 9.17) is 0 Å². The predicted molar refractivity (Wildman–Crippen MR) is 80.6 cm³/mol. The Morgan fingerprint density at radius 2 is 2.05 bits per heavy atom. The quantitative estimate of drug-likeness (QED) is 0.864. The summed E-state index contributed by atoms with van der Waals surface area (Å²) in [7, 11) is 0. The highest BCUT2D eigenvalue weighted by atomic mass is 16.2. The number of rotatable bonds is 3. The Kier molecular flexibility index (Phi) is 3.56. The number of para-hydroxylation sites is 1. The minimum absolute atomic E-state index is 0.148. The lowest BCUT2D eigenvalue weighted by Crippen LogP contribution is -2.32. The maximum atomic E-state index is 12.6. The third-order valence-electron chi connectivity index (χ3n) is 3.65. The number of nitrogens with zero attached hydrogens (tertiary/aromatic N) is 3. The first-order chi connectivity index (χ1) is 10.2. The van der Waals surface area contributed by atoms with Crippen molar-refractivity contribution in [1.29, 1.82) is 0 Å². The summed E-state index contributed by atoms with van der Waals surface area (Å²) in [5.74, 6) is -0.148. The van der Waals surface area contributed by atoms with Gasteiger partial charge in [0, 0.05) is 24.8 Å². The molecule has 0 fully saturated rings. The normalized spacial score (nSPS) is 13.3. The summed E-state index contributed by atoms with van der Waals surface area (Å²) in [6, 6.07) is 10.8. The van der Waals surface area contributed by atoms with E-state index in [1.807, 2.05) is 31.2 Å².